The molecule has 0 aliphatic rings. The van der Waals surface area contributed by atoms with Crippen LogP contribution < -0.4 is 5.32 Å². The molecule has 1 aromatic carbocycles. The van der Waals surface area contributed by atoms with E-state index in [0.717, 1.165) is 11.1 Å². The molecule has 5 heterocycles. The van der Waals surface area contributed by atoms with E-state index in [1.54, 1.807) is 59.6 Å². The maximum absolute atomic E-state index is 14.0. The molecule has 0 saturated carbocycles. The molecule has 176 valence electrons. The van der Waals surface area contributed by atoms with Crippen molar-refractivity contribution in [3.63, 3.8) is 0 Å². The van der Waals surface area contributed by atoms with Crippen LogP contribution in [0.5, 0.6) is 0 Å². The van der Waals surface area contributed by atoms with Crippen LogP contribution in [0, 0.1) is 19.7 Å². The third-order valence-electron chi connectivity index (χ3n) is 6.02. The van der Waals surface area contributed by atoms with Crippen LogP contribution in [0.1, 0.15) is 21.7 Å². The number of aryl methyl sites for hydroxylation is 2. The first kappa shape index (κ1) is 21.6. The van der Waals surface area contributed by atoms with Gasteiger partial charge in [-0.25, -0.2) is 23.9 Å². The Morgan fingerprint density at radius 1 is 0.917 bits per heavy atom. The smallest absolute Gasteiger partial charge is 0.275 e. The average Bonchev–Trinajstić information content (AvgIpc) is 3.43. The van der Waals surface area contributed by atoms with E-state index in [2.05, 4.69) is 20.4 Å². The van der Waals surface area contributed by atoms with Gasteiger partial charge in [0.05, 0.1) is 11.4 Å². The molecule has 0 unspecified atom stereocenters. The highest BCUT2D eigenvalue weighted by atomic mass is 19.1. The molecule has 6 rings (SSSR count). The van der Waals surface area contributed by atoms with Gasteiger partial charge in [-0.2, -0.15) is 5.10 Å². The summed E-state index contributed by atoms with van der Waals surface area (Å²) in [5, 5.41) is 7.37. The molecule has 1 N–H and O–H groups in total. The van der Waals surface area contributed by atoms with Gasteiger partial charge in [-0.05, 0) is 74.0 Å². The molecule has 36 heavy (non-hydrogen) atoms. The topological polar surface area (TPSA) is 89.5 Å². The van der Waals surface area contributed by atoms with Gasteiger partial charge >= 0.3 is 0 Å². The van der Waals surface area contributed by atoms with Crippen molar-refractivity contribution in [3.05, 3.63) is 102 Å². The minimum atomic E-state index is -0.318. The monoisotopic (exact) mass is 477 g/mol. The van der Waals surface area contributed by atoms with E-state index < -0.39 is 0 Å². The van der Waals surface area contributed by atoms with Crippen LogP contribution in [0.2, 0.25) is 0 Å². The maximum Gasteiger partial charge on any atom is 0.275 e. The highest BCUT2D eigenvalue weighted by Gasteiger charge is 2.20. The fourth-order valence-corrected chi connectivity index (χ4v) is 4.35. The molecule has 8 nitrogen and oxygen atoms in total. The van der Waals surface area contributed by atoms with Gasteiger partial charge < -0.3 is 5.32 Å². The number of halogens is 1. The van der Waals surface area contributed by atoms with Crippen molar-refractivity contribution in [2.24, 2.45) is 0 Å². The number of fused-ring (bicyclic) bond motifs is 2. The zero-order valence-corrected chi connectivity index (χ0v) is 19.5. The normalized spacial score (nSPS) is 11.3. The molecule has 0 spiro atoms. The van der Waals surface area contributed by atoms with Crippen molar-refractivity contribution in [2.75, 3.05) is 5.32 Å². The number of amides is 1. The Labute approximate surface area is 205 Å². The van der Waals surface area contributed by atoms with Crippen molar-refractivity contribution in [1.82, 2.24) is 29.0 Å². The quantitative estimate of drug-likeness (QED) is 0.381. The number of nitrogens with zero attached hydrogens (tertiary/aromatic N) is 6. The predicted molar refractivity (Wildman–Crippen MR) is 134 cm³/mol. The molecule has 0 atom stereocenters. The molecule has 1 amide bonds. The number of carbonyl (C=O) groups is 1. The molecule has 0 saturated heterocycles. The van der Waals surface area contributed by atoms with E-state index >= 15 is 0 Å². The van der Waals surface area contributed by atoms with Gasteiger partial charge in [-0.3, -0.25) is 9.20 Å². The van der Waals surface area contributed by atoms with E-state index in [1.807, 2.05) is 36.4 Å². The number of carbonyl (C=O) groups excluding carboxylic acids is 1. The number of aromatic nitrogens is 6. The van der Waals surface area contributed by atoms with Crippen molar-refractivity contribution >= 4 is 23.0 Å². The number of anilines is 1. The van der Waals surface area contributed by atoms with Gasteiger partial charge in [0, 0.05) is 29.7 Å². The fourth-order valence-electron chi connectivity index (χ4n) is 4.35. The highest BCUT2D eigenvalue weighted by Crippen LogP contribution is 2.33. The number of pyridine rings is 2. The van der Waals surface area contributed by atoms with Crippen LogP contribution >= 0.6 is 0 Å². The number of imidazole rings is 2. The van der Waals surface area contributed by atoms with E-state index in [-0.39, 0.29) is 11.7 Å². The number of benzene rings is 1. The second-order valence-electron chi connectivity index (χ2n) is 8.43. The lowest BCUT2D eigenvalue weighted by Gasteiger charge is -2.09. The zero-order valence-electron chi connectivity index (χ0n) is 19.5. The van der Waals surface area contributed by atoms with E-state index in [0.29, 0.717) is 45.5 Å². The lowest BCUT2D eigenvalue weighted by atomic mass is 10.0. The first-order valence-corrected chi connectivity index (χ1v) is 11.3. The largest absolute Gasteiger partial charge is 0.305 e. The first-order chi connectivity index (χ1) is 17.5. The Balaban J connectivity index is 1.44. The third kappa shape index (κ3) is 3.58. The summed E-state index contributed by atoms with van der Waals surface area (Å²) in [5.74, 6) is -0.227. The fraction of sp³-hybridized carbons (Fsp3) is 0.0741. The minimum Gasteiger partial charge on any atom is -0.305 e. The average molecular weight is 478 g/mol. The van der Waals surface area contributed by atoms with Crippen LogP contribution in [0.15, 0.2) is 79.3 Å². The number of hydrogen-bond acceptors (Lipinski definition) is 5. The Hall–Kier alpha value is -4.92. The van der Waals surface area contributed by atoms with E-state index in [9.17, 15) is 9.18 Å². The summed E-state index contributed by atoms with van der Waals surface area (Å²) in [6, 6.07) is 17.7. The van der Waals surface area contributed by atoms with E-state index in [4.69, 9.17) is 4.98 Å². The molecule has 0 bridgehead atoms. The Morgan fingerprint density at radius 2 is 1.78 bits per heavy atom. The summed E-state index contributed by atoms with van der Waals surface area (Å²) in [6.45, 7) is 3.52. The highest BCUT2D eigenvalue weighted by molar-refractivity contribution is 6.04. The zero-order chi connectivity index (χ0) is 24.8. The molecule has 9 heteroatoms. The van der Waals surface area contributed by atoms with Crippen molar-refractivity contribution in [3.8, 4) is 22.5 Å². The Morgan fingerprint density at radius 3 is 2.64 bits per heavy atom. The lowest BCUT2D eigenvalue weighted by molar-refractivity contribution is 0.102. The number of hydrogen-bond donors (Lipinski definition) is 1. The molecular formula is C27H20FN7O. The maximum atomic E-state index is 14.0. The minimum absolute atomic E-state index is 0.279. The molecule has 6 aromatic rings. The summed E-state index contributed by atoms with van der Waals surface area (Å²) < 4.78 is 17.4. The van der Waals surface area contributed by atoms with Crippen LogP contribution in [-0.4, -0.2) is 34.9 Å². The molecule has 0 aliphatic heterocycles. The standard InChI is InChI=1S/C27H20FN7O/c1-16-14-18(8-9-20(16)28)24-26(35-23(33-24)7-5-11-30-35)19-10-12-29-21(15-19)32-27(36)25-17(2)31-22-6-3-4-13-34(22)25/h3-15H,1-2H3,(H,29,32,36). The van der Waals surface area contributed by atoms with Gasteiger partial charge in [0.1, 0.15) is 28.7 Å². The summed E-state index contributed by atoms with van der Waals surface area (Å²) in [7, 11) is 0. The number of nitrogens with one attached hydrogen (secondary N) is 1. The molecule has 0 aliphatic carbocycles. The van der Waals surface area contributed by atoms with Crippen LogP contribution in [0.4, 0.5) is 10.2 Å². The van der Waals surface area contributed by atoms with Gasteiger partial charge in [0.25, 0.3) is 5.91 Å². The lowest BCUT2D eigenvalue weighted by Crippen LogP contribution is -2.16. The van der Waals surface area contributed by atoms with Crippen LogP contribution in [0.25, 0.3) is 33.8 Å². The summed E-state index contributed by atoms with van der Waals surface area (Å²) in [4.78, 5) is 26.8. The molecule has 5 aromatic heterocycles. The SMILES string of the molecule is Cc1cc(-c2nc3cccnn3c2-c2ccnc(NC(=O)c3c(C)nc4ccccn34)c2)ccc1F. The first-order valence-electron chi connectivity index (χ1n) is 11.3. The molecule has 0 radical (unpaired) electrons. The van der Waals surface area contributed by atoms with Gasteiger partial charge in [-0.15, -0.1) is 0 Å². The van der Waals surface area contributed by atoms with Crippen molar-refractivity contribution in [2.45, 2.75) is 13.8 Å². The van der Waals surface area contributed by atoms with Gasteiger partial charge in [0.15, 0.2) is 5.65 Å². The van der Waals surface area contributed by atoms with E-state index in [1.165, 1.54) is 6.07 Å². The second kappa shape index (κ2) is 8.38. The molecule has 0 fully saturated rings. The third-order valence-corrected chi connectivity index (χ3v) is 6.02. The Bertz CT molecular complexity index is 1790. The van der Waals surface area contributed by atoms with Crippen molar-refractivity contribution < 1.29 is 9.18 Å². The summed E-state index contributed by atoms with van der Waals surface area (Å²) in [6.07, 6.45) is 5.10. The van der Waals surface area contributed by atoms with Gasteiger partial charge in [-0.1, -0.05) is 6.07 Å². The predicted octanol–water partition coefficient (Wildman–Crippen LogP) is 5.11. The van der Waals surface area contributed by atoms with Gasteiger partial charge in [0.2, 0.25) is 0 Å². The summed E-state index contributed by atoms with van der Waals surface area (Å²) >= 11 is 0. The van der Waals surface area contributed by atoms with Crippen molar-refractivity contribution in [1.29, 1.82) is 0 Å². The van der Waals surface area contributed by atoms with Crippen LogP contribution in [0.3, 0.4) is 0 Å². The molecular weight excluding hydrogens is 457 g/mol. The number of rotatable bonds is 4. The second-order valence-corrected chi connectivity index (χ2v) is 8.43. The summed E-state index contributed by atoms with van der Waals surface area (Å²) in [5.41, 5.74) is 5.79. The Kier molecular flexibility index (Phi) is 5.03. The van der Waals surface area contributed by atoms with Crippen LogP contribution in [-0.2, 0) is 0 Å².